The minimum absolute atomic E-state index is 0.0727. The van der Waals surface area contributed by atoms with Crippen molar-refractivity contribution in [3.63, 3.8) is 0 Å². The standard InChI is InChI=1S/C22H27N5O/c1-2-26-9-11-27(12-10-26)22(28)18-13-19(16-23-14-18)24-8-7-17-15-25-21-6-4-3-5-20(17)21/h3-6,13-16,24-25H,2,7-12H2,1H3. The molecule has 3 aromatic rings. The number of nitrogens with zero attached hydrogens (tertiary/aromatic N) is 3. The molecule has 146 valence electrons. The molecule has 0 radical (unpaired) electrons. The second-order valence-electron chi connectivity index (χ2n) is 7.23. The number of amides is 1. The average molecular weight is 377 g/mol. The van der Waals surface area contributed by atoms with Gasteiger partial charge in [-0.25, -0.2) is 0 Å². The van der Waals surface area contributed by atoms with Crippen molar-refractivity contribution in [2.75, 3.05) is 44.6 Å². The number of anilines is 1. The van der Waals surface area contributed by atoms with Crippen molar-refractivity contribution in [2.24, 2.45) is 0 Å². The highest BCUT2D eigenvalue weighted by molar-refractivity contribution is 5.94. The topological polar surface area (TPSA) is 64.3 Å². The summed E-state index contributed by atoms with van der Waals surface area (Å²) in [5.74, 6) is 0.0727. The summed E-state index contributed by atoms with van der Waals surface area (Å²) in [5, 5.41) is 4.67. The summed E-state index contributed by atoms with van der Waals surface area (Å²) in [7, 11) is 0. The van der Waals surface area contributed by atoms with Gasteiger partial charge in [-0.05, 0) is 30.7 Å². The van der Waals surface area contributed by atoms with Crippen LogP contribution in [0.25, 0.3) is 10.9 Å². The largest absolute Gasteiger partial charge is 0.383 e. The van der Waals surface area contributed by atoms with Gasteiger partial charge in [-0.15, -0.1) is 0 Å². The van der Waals surface area contributed by atoms with E-state index in [0.29, 0.717) is 5.56 Å². The van der Waals surface area contributed by atoms with Crippen LogP contribution in [0.1, 0.15) is 22.8 Å². The molecule has 0 atom stereocenters. The first-order chi connectivity index (χ1) is 13.7. The maximum Gasteiger partial charge on any atom is 0.255 e. The van der Waals surface area contributed by atoms with Crippen LogP contribution < -0.4 is 5.32 Å². The average Bonchev–Trinajstić information content (AvgIpc) is 3.17. The molecule has 1 aromatic carbocycles. The first-order valence-electron chi connectivity index (χ1n) is 10.00. The zero-order valence-electron chi connectivity index (χ0n) is 16.3. The third-order valence-electron chi connectivity index (χ3n) is 5.49. The minimum Gasteiger partial charge on any atom is -0.383 e. The van der Waals surface area contributed by atoms with Crippen LogP contribution in [0.5, 0.6) is 0 Å². The Morgan fingerprint density at radius 3 is 2.82 bits per heavy atom. The van der Waals surface area contributed by atoms with E-state index in [9.17, 15) is 4.79 Å². The van der Waals surface area contributed by atoms with Gasteiger partial charge in [-0.2, -0.15) is 0 Å². The Kier molecular flexibility index (Phi) is 5.58. The Balaban J connectivity index is 1.35. The van der Waals surface area contributed by atoms with E-state index in [-0.39, 0.29) is 5.91 Å². The predicted octanol–water partition coefficient (Wildman–Crippen LogP) is 3.00. The van der Waals surface area contributed by atoms with Gasteiger partial charge in [0.05, 0.1) is 11.3 Å². The zero-order chi connectivity index (χ0) is 19.3. The lowest BCUT2D eigenvalue weighted by Gasteiger charge is -2.34. The molecule has 0 aliphatic carbocycles. The third-order valence-corrected chi connectivity index (χ3v) is 5.49. The van der Waals surface area contributed by atoms with E-state index in [1.807, 2.05) is 17.0 Å². The van der Waals surface area contributed by atoms with E-state index in [0.717, 1.165) is 56.9 Å². The lowest BCUT2D eigenvalue weighted by atomic mass is 10.1. The Bertz CT molecular complexity index is 943. The zero-order valence-corrected chi connectivity index (χ0v) is 16.3. The summed E-state index contributed by atoms with van der Waals surface area (Å²) in [6, 6.07) is 10.2. The van der Waals surface area contributed by atoms with Crippen LogP contribution in [-0.4, -0.2) is 64.9 Å². The van der Waals surface area contributed by atoms with Gasteiger partial charge >= 0.3 is 0 Å². The highest BCUT2D eigenvalue weighted by atomic mass is 16.2. The number of carbonyl (C=O) groups excluding carboxylic acids is 1. The fourth-order valence-corrected chi connectivity index (χ4v) is 3.78. The van der Waals surface area contributed by atoms with Crippen molar-refractivity contribution < 1.29 is 4.79 Å². The number of aromatic amines is 1. The molecule has 1 saturated heterocycles. The lowest BCUT2D eigenvalue weighted by Crippen LogP contribution is -2.48. The first kappa shape index (κ1) is 18.5. The van der Waals surface area contributed by atoms with Crippen molar-refractivity contribution in [3.8, 4) is 0 Å². The van der Waals surface area contributed by atoms with E-state index >= 15 is 0 Å². The number of para-hydroxylation sites is 1. The first-order valence-corrected chi connectivity index (χ1v) is 10.00. The molecule has 1 aliphatic heterocycles. The Hall–Kier alpha value is -2.86. The Morgan fingerprint density at radius 2 is 2.00 bits per heavy atom. The summed E-state index contributed by atoms with van der Waals surface area (Å²) >= 11 is 0. The van der Waals surface area contributed by atoms with Crippen LogP contribution in [-0.2, 0) is 6.42 Å². The number of nitrogens with one attached hydrogen (secondary N) is 2. The molecule has 2 N–H and O–H groups in total. The maximum absolute atomic E-state index is 12.8. The summed E-state index contributed by atoms with van der Waals surface area (Å²) in [4.78, 5) is 24.7. The van der Waals surface area contributed by atoms with E-state index in [1.54, 1.807) is 12.4 Å². The SMILES string of the molecule is CCN1CCN(C(=O)c2cncc(NCCc3c[nH]c4ccccc34)c2)CC1. The van der Waals surface area contributed by atoms with Gasteiger partial charge in [0.15, 0.2) is 0 Å². The fourth-order valence-electron chi connectivity index (χ4n) is 3.78. The Labute approximate surface area is 165 Å². The molecule has 2 aromatic heterocycles. The number of likely N-dealkylation sites (N-methyl/N-ethyl adjacent to an activating group) is 1. The second-order valence-corrected chi connectivity index (χ2v) is 7.23. The van der Waals surface area contributed by atoms with E-state index < -0.39 is 0 Å². The van der Waals surface area contributed by atoms with Gasteiger partial charge in [-0.1, -0.05) is 25.1 Å². The van der Waals surface area contributed by atoms with Crippen molar-refractivity contribution in [2.45, 2.75) is 13.3 Å². The van der Waals surface area contributed by atoms with Crippen LogP contribution in [0, 0.1) is 0 Å². The molecule has 1 fully saturated rings. The molecule has 0 spiro atoms. The highest BCUT2D eigenvalue weighted by Gasteiger charge is 2.21. The molecule has 0 bridgehead atoms. The number of benzene rings is 1. The second kappa shape index (κ2) is 8.44. The maximum atomic E-state index is 12.8. The summed E-state index contributed by atoms with van der Waals surface area (Å²) in [6.07, 6.45) is 6.42. The fraction of sp³-hybridized carbons (Fsp3) is 0.364. The van der Waals surface area contributed by atoms with Crippen LogP contribution in [0.4, 0.5) is 5.69 Å². The summed E-state index contributed by atoms with van der Waals surface area (Å²) in [5.41, 5.74) is 3.99. The predicted molar refractivity (Wildman–Crippen MR) is 113 cm³/mol. The normalized spacial score (nSPS) is 15.1. The van der Waals surface area contributed by atoms with Gasteiger partial charge in [0.25, 0.3) is 5.91 Å². The van der Waals surface area contributed by atoms with Crippen LogP contribution in [0.15, 0.2) is 48.9 Å². The molecule has 4 rings (SSSR count). The van der Waals surface area contributed by atoms with Crippen molar-refractivity contribution >= 4 is 22.5 Å². The number of piperazine rings is 1. The molecule has 3 heterocycles. The molecule has 6 heteroatoms. The summed E-state index contributed by atoms with van der Waals surface area (Å²) < 4.78 is 0. The molecular formula is C22H27N5O. The number of carbonyl (C=O) groups is 1. The Morgan fingerprint density at radius 1 is 1.18 bits per heavy atom. The highest BCUT2D eigenvalue weighted by Crippen LogP contribution is 2.18. The van der Waals surface area contributed by atoms with Crippen molar-refractivity contribution in [1.82, 2.24) is 19.8 Å². The molecular weight excluding hydrogens is 350 g/mol. The van der Waals surface area contributed by atoms with Crippen molar-refractivity contribution in [1.29, 1.82) is 0 Å². The van der Waals surface area contributed by atoms with Gasteiger partial charge < -0.3 is 20.1 Å². The quantitative estimate of drug-likeness (QED) is 0.693. The molecule has 0 saturated carbocycles. The van der Waals surface area contributed by atoms with E-state index in [1.165, 1.54) is 10.9 Å². The van der Waals surface area contributed by atoms with Gasteiger partial charge in [0.2, 0.25) is 0 Å². The number of fused-ring (bicyclic) bond motifs is 1. The molecule has 28 heavy (non-hydrogen) atoms. The number of H-pyrrole nitrogens is 1. The minimum atomic E-state index is 0.0727. The van der Waals surface area contributed by atoms with Crippen LogP contribution in [0.2, 0.25) is 0 Å². The van der Waals surface area contributed by atoms with E-state index in [4.69, 9.17) is 0 Å². The third kappa shape index (κ3) is 4.02. The molecule has 0 unspecified atom stereocenters. The molecule has 6 nitrogen and oxygen atoms in total. The van der Waals surface area contributed by atoms with Crippen molar-refractivity contribution in [3.05, 3.63) is 60.0 Å². The smallest absolute Gasteiger partial charge is 0.255 e. The number of hydrogen-bond donors (Lipinski definition) is 2. The van der Waals surface area contributed by atoms with Gasteiger partial charge in [-0.3, -0.25) is 9.78 Å². The molecule has 1 amide bonds. The molecule has 1 aliphatic rings. The number of pyridine rings is 1. The van der Waals surface area contributed by atoms with Gasteiger partial charge in [0.1, 0.15) is 0 Å². The number of hydrogen-bond acceptors (Lipinski definition) is 4. The lowest BCUT2D eigenvalue weighted by molar-refractivity contribution is 0.0643. The summed E-state index contributed by atoms with van der Waals surface area (Å²) in [6.45, 7) is 7.44. The number of rotatable bonds is 6. The van der Waals surface area contributed by atoms with Crippen LogP contribution in [0.3, 0.4) is 0 Å². The van der Waals surface area contributed by atoms with Crippen LogP contribution >= 0.6 is 0 Å². The monoisotopic (exact) mass is 377 g/mol. The number of aromatic nitrogens is 2. The van der Waals surface area contributed by atoms with E-state index in [2.05, 4.69) is 51.5 Å². The van der Waals surface area contributed by atoms with Gasteiger partial charge in [0, 0.05) is 62.2 Å².